The Morgan fingerprint density at radius 2 is 2.23 bits per heavy atom. The lowest BCUT2D eigenvalue weighted by Crippen LogP contribution is -2.31. The number of rotatable bonds is 5. The number of esters is 1. The Morgan fingerprint density at radius 3 is 2.82 bits per heavy atom. The van der Waals surface area contributed by atoms with E-state index in [-0.39, 0.29) is 31.0 Å². The van der Waals surface area contributed by atoms with Gasteiger partial charge in [0.2, 0.25) is 0 Å². The van der Waals surface area contributed by atoms with Crippen LogP contribution in [0.1, 0.15) is 0 Å². The van der Waals surface area contributed by atoms with Crippen LogP contribution in [-0.2, 0) is 14.3 Å². The quantitative estimate of drug-likeness (QED) is 0.551. The number of anilines is 1. The second kappa shape index (κ2) is 7.05. The summed E-state index contributed by atoms with van der Waals surface area (Å²) in [7, 11) is 1.22. The van der Waals surface area contributed by atoms with Crippen LogP contribution >= 0.6 is 22.6 Å². The molecule has 1 aliphatic heterocycles. The van der Waals surface area contributed by atoms with Crippen LogP contribution in [0.3, 0.4) is 0 Å². The Bertz CT molecular complexity index is 627. The van der Waals surface area contributed by atoms with E-state index >= 15 is 0 Å². The van der Waals surface area contributed by atoms with E-state index < -0.39 is 17.7 Å². The number of hydrogen-bond donors (Lipinski definition) is 2. The zero-order valence-corrected chi connectivity index (χ0v) is 13.9. The van der Waals surface area contributed by atoms with Gasteiger partial charge >= 0.3 is 5.97 Å². The van der Waals surface area contributed by atoms with E-state index in [4.69, 9.17) is 5.11 Å². The van der Waals surface area contributed by atoms with Crippen molar-refractivity contribution in [2.45, 2.75) is 0 Å². The largest absolute Gasteiger partial charge is 0.466 e. The van der Waals surface area contributed by atoms with Crippen molar-refractivity contribution < 1.29 is 23.8 Å². The van der Waals surface area contributed by atoms with Crippen molar-refractivity contribution in [3.8, 4) is 0 Å². The highest BCUT2D eigenvalue weighted by Crippen LogP contribution is 2.24. The van der Waals surface area contributed by atoms with E-state index in [1.54, 1.807) is 6.07 Å². The predicted molar refractivity (Wildman–Crippen MR) is 85.4 cm³/mol. The van der Waals surface area contributed by atoms with Gasteiger partial charge in [-0.25, -0.2) is 9.18 Å². The highest BCUT2D eigenvalue weighted by atomic mass is 127. The predicted octanol–water partition coefficient (Wildman–Crippen LogP) is 1.10. The molecule has 2 rings (SSSR count). The van der Waals surface area contributed by atoms with Gasteiger partial charge in [-0.15, -0.1) is 0 Å². The topological polar surface area (TPSA) is 78.9 Å². The summed E-state index contributed by atoms with van der Waals surface area (Å²) in [5.41, 5.74) is 0.557. The smallest absolute Gasteiger partial charge is 0.337 e. The Kier molecular flexibility index (Phi) is 5.35. The molecule has 6 nitrogen and oxygen atoms in total. The molecule has 1 heterocycles. The summed E-state index contributed by atoms with van der Waals surface area (Å²) in [6.45, 7) is -0.0721. The molecule has 22 heavy (non-hydrogen) atoms. The number of carbonyl (C=O) groups is 2. The van der Waals surface area contributed by atoms with Gasteiger partial charge in [0.1, 0.15) is 11.5 Å². The molecule has 0 atom stereocenters. The van der Waals surface area contributed by atoms with E-state index in [0.717, 1.165) is 0 Å². The Labute approximate surface area is 140 Å². The highest BCUT2D eigenvalue weighted by Gasteiger charge is 2.34. The molecule has 8 heteroatoms. The molecule has 1 aromatic carbocycles. The highest BCUT2D eigenvalue weighted by molar-refractivity contribution is 14.1. The molecule has 1 aliphatic rings. The van der Waals surface area contributed by atoms with Gasteiger partial charge < -0.3 is 20.1 Å². The third kappa shape index (κ3) is 3.55. The maximum Gasteiger partial charge on any atom is 0.337 e. The minimum absolute atomic E-state index is 0.0425. The van der Waals surface area contributed by atoms with Crippen LogP contribution < -0.4 is 5.32 Å². The first-order chi connectivity index (χ1) is 10.5. The van der Waals surface area contributed by atoms with E-state index in [9.17, 15) is 14.0 Å². The number of hydrogen-bond acceptors (Lipinski definition) is 5. The van der Waals surface area contributed by atoms with E-state index in [0.29, 0.717) is 9.26 Å². The molecule has 0 aliphatic carbocycles. The average Bonchev–Trinajstić information content (AvgIpc) is 2.75. The molecule has 0 aromatic heterocycles. The van der Waals surface area contributed by atoms with Gasteiger partial charge in [-0.1, -0.05) is 0 Å². The lowest BCUT2D eigenvalue weighted by Gasteiger charge is -2.15. The molecule has 0 saturated heterocycles. The van der Waals surface area contributed by atoms with Gasteiger partial charge in [0.25, 0.3) is 5.91 Å². The second-order valence-electron chi connectivity index (χ2n) is 4.58. The summed E-state index contributed by atoms with van der Waals surface area (Å²) in [5.74, 6) is -1.52. The van der Waals surface area contributed by atoms with Crippen LogP contribution in [0.4, 0.5) is 10.1 Å². The van der Waals surface area contributed by atoms with Crippen molar-refractivity contribution in [1.82, 2.24) is 4.90 Å². The van der Waals surface area contributed by atoms with Gasteiger partial charge in [0, 0.05) is 15.8 Å². The van der Waals surface area contributed by atoms with Crippen LogP contribution in [0.15, 0.2) is 29.5 Å². The van der Waals surface area contributed by atoms with Crippen molar-refractivity contribution in [2.75, 3.05) is 32.1 Å². The molecule has 0 unspecified atom stereocenters. The third-order valence-corrected chi connectivity index (χ3v) is 3.71. The van der Waals surface area contributed by atoms with Crippen LogP contribution in [0.5, 0.6) is 0 Å². The Balaban J connectivity index is 2.34. The standard InChI is InChI=1S/C14H14FIN2O4/c1-22-14(21)11-7-18(2-3-19)13(20)12(11)17-10-5-8(15)4-9(16)6-10/h4-6,17,19H,2-3,7H2,1H3. The van der Waals surface area contributed by atoms with Crippen molar-refractivity contribution in [1.29, 1.82) is 0 Å². The lowest BCUT2D eigenvalue weighted by atomic mass is 10.2. The molecule has 0 bridgehead atoms. The molecule has 2 N–H and O–H groups in total. The Morgan fingerprint density at radius 1 is 1.50 bits per heavy atom. The van der Waals surface area contributed by atoms with Crippen molar-refractivity contribution in [3.63, 3.8) is 0 Å². The summed E-state index contributed by atoms with van der Waals surface area (Å²) >= 11 is 1.95. The van der Waals surface area contributed by atoms with Gasteiger partial charge in [0.05, 0.1) is 25.8 Å². The molecular formula is C14H14FIN2O4. The molecule has 0 fully saturated rings. The molecule has 0 saturated carbocycles. The maximum atomic E-state index is 13.4. The SMILES string of the molecule is COC(=O)C1=C(Nc2cc(F)cc(I)c2)C(=O)N(CCO)C1. The van der Waals surface area contributed by atoms with E-state index in [1.807, 2.05) is 22.6 Å². The van der Waals surface area contributed by atoms with Crippen LogP contribution in [-0.4, -0.2) is 48.7 Å². The maximum absolute atomic E-state index is 13.4. The second-order valence-corrected chi connectivity index (χ2v) is 5.82. The van der Waals surface area contributed by atoms with Crippen molar-refractivity contribution in [3.05, 3.63) is 38.9 Å². The fraction of sp³-hybridized carbons (Fsp3) is 0.286. The number of halogens is 2. The number of nitrogens with one attached hydrogen (secondary N) is 1. The van der Waals surface area contributed by atoms with Gasteiger partial charge in [-0.2, -0.15) is 0 Å². The number of benzene rings is 1. The fourth-order valence-corrected chi connectivity index (χ4v) is 2.75. The first-order valence-corrected chi connectivity index (χ1v) is 7.49. The number of methoxy groups -OCH3 is 1. The number of nitrogens with zero attached hydrogens (tertiary/aromatic N) is 1. The number of ether oxygens (including phenoxy) is 1. The minimum Gasteiger partial charge on any atom is -0.466 e. The number of aliphatic hydroxyl groups is 1. The number of aliphatic hydroxyl groups excluding tert-OH is 1. The van der Waals surface area contributed by atoms with Crippen LogP contribution in [0.25, 0.3) is 0 Å². The summed E-state index contributed by atoms with van der Waals surface area (Å²) < 4.78 is 18.8. The minimum atomic E-state index is -0.637. The summed E-state index contributed by atoms with van der Waals surface area (Å²) in [6, 6.07) is 4.22. The Hall–Kier alpha value is -1.68. The summed E-state index contributed by atoms with van der Waals surface area (Å²) in [6.07, 6.45) is 0. The van der Waals surface area contributed by atoms with Crippen LogP contribution in [0, 0.1) is 9.39 Å². The molecule has 1 amide bonds. The first kappa shape index (κ1) is 16.7. The molecular weight excluding hydrogens is 406 g/mol. The van der Waals surface area contributed by atoms with E-state index in [1.165, 1.54) is 24.1 Å². The molecule has 0 spiro atoms. The van der Waals surface area contributed by atoms with Crippen LogP contribution in [0.2, 0.25) is 0 Å². The lowest BCUT2D eigenvalue weighted by molar-refractivity contribution is -0.136. The van der Waals surface area contributed by atoms with E-state index in [2.05, 4.69) is 10.1 Å². The molecule has 0 radical (unpaired) electrons. The van der Waals surface area contributed by atoms with Crippen molar-refractivity contribution in [2.24, 2.45) is 0 Å². The monoisotopic (exact) mass is 420 g/mol. The van der Waals surface area contributed by atoms with Gasteiger partial charge in [0.15, 0.2) is 0 Å². The van der Waals surface area contributed by atoms with Gasteiger partial charge in [-0.05, 0) is 40.8 Å². The number of amides is 1. The number of β-amino-alcohol motifs (C(OH)–C–C–N with tert-alkyl or cyclic N) is 1. The van der Waals surface area contributed by atoms with Gasteiger partial charge in [-0.3, -0.25) is 4.79 Å². The average molecular weight is 420 g/mol. The fourth-order valence-electron chi connectivity index (χ4n) is 2.12. The summed E-state index contributed by atoms with van der Waals surface area (Å²) in [5, 5.41) is 11.8. The summed E-state index contributed by atoms with van der Waals surface area (Å²) in [4.78, 5) is 25.4. The third-order valence-electron chi connectivity index (χ3n) is 3.09. The zero-order chi connectivity index (χ0) is 16.3. The first-order valence-electron chi connectivity index (χ1n) is 6.41. The number of carbonyl (C=O) groups excluding carboxylic acids is 2. The molecule has 118 valence electrons. The zero-order valence-electron chi connectivity index (χ0n) is 11.7. The van der Waals surface area contributed by atoms with Crippen molar-refractivity contribution >= 4 is 40.2 Å². The normalized spacial score (nSPS) is 14.5. The molecule has 1 aromatic rings.